The molecule has 1 fully saturated rings. The van der Waals surface area contributed by atoms with Crippen LogP contribution in [0.2, 0.25) is 0 Å². The first-order chi connectivity index (χ1) is 10.7. The number of nitrogens with zero attached hydrogens (tertiary/aromatic N) is 4. The van der Waals surface area contributed by atoms with E-state index in [-0.39, 0.29) is 29.6 Å². The highest BCUT2D eigenvalue weighted by atomic mass is 16.6. The van der Waals surface area contributed by atoms with Crippen LogP contribution in [0.1, 0.15) is 44.6 Å². The van der Waals surface area contributed by atoms with Gasteiger partial charge in [-0.05, 0) is 44.4 Å². The minimum absolute atomic E-state index is 0.00312. The molecule has 2 heterocycles. The van der Waals surface area contributed by atoms with Gasteiger partial charge in [0.2, 0.25) is 11.5 Å². The fourth-order valence-electron chi connectivity index (χ4n) is 2.35. The number of carbonyl (C=O) groups excluding carboxylic acids is 2. The van der Waals surface area contributed by atoms with E-state index in [1.165, 1.54) is 0 Å². The molecule has 0 aromatic carbocycles. The molecule has 0 aliphatic carbocycles. The van der Waals surface area contributed by atoms with E-state index in [4.69, 9.17) is 10.5 Å². The highest BCUT2D eigenvalue weighted by molar-refractivity contribution is 5.96. The van der Waals surface area contributed by atoms with Crippen molar-refractivity contribution in [3.63, 3.8) is 0 Å². The molecule has 23 heavy (non-hydrogen) atoms. The maximum Gasteiger partial charge on any atom is 0.410 e. The van der Waals surface area contributed by atoms with Crippen LogP contribution < -0.4 is 5.73 Å². The Morgan fingerprint density at radius 2 is 1.96 bits per heavy atom. The van der Waals surface area contributed by atoms with Gasteiger partial charge >= 0.3 is 6.09 Å². The highest BCUT2D eigenvalue weighted by Gasteiger charge is 2.31. The smallest absolute Gasteiger partial charge is 0.410 e. The van der Waals surface area contributed by atoms with Crippen molar-refractivity contribution in [2.24, 2.45) is 0 Å². The molecule has 2 N–H and O–H groups in total. The molecule has 0 spiro atoms. The molecule has 0 saturated carbocycles. The van der Waals surface area contributed by atoms with Crippen molar-refractivity contribution in [1.82, 2.24) is 20.1 Å². The van der Waals surface area contributed by atoms with Gasteiger partial charge in [0.15, 0.2) is 0 Å². The summed E-state index contributed by atoms with van der Waals surface area (Å²) < 4.78 is 9.88. The van der Waals surface area contributed by atoms with Crippen LogP contribution in [0.3, 0.4) is 0 Å². The Bertz CT molecular complexity index is 580. The monoisotopic (exact) mass is 325 g/mol. The molecule has 128 valence electrons. The van der Waals surface area contributed by atoms with Crippen molar-refractivity contribution in [2.45, 2.75) is 45.8 Å². The molecule has 0 radical (unpaired) electrons. The second-order valence-corrected chi connectivity index (χ2v) is 6.60. The Balaban J connectivity index is 2.04. The van der Waals surface area contributed by atoms with E-state index >= 15 is 0 Å². The van der Waals surface area contributed by atoms with Crippen LogP contribution in [0.5, 0.6) is 0 Å². The van der Waals surface area contributed by atoms with E-state index in [9.17, 15) is 9.59 Å². The van der Waals surface area contributed by atoms with Crippen LogP contribution in [0.4, 0.5) is 10.6 Å². The highest BCUT2D eigenvalue weighted by Crippen LogP contribution is 2.18. The van der Waals surface area contributed by atoms with Crippen molar-refractivity contribution in [1.29, 1.82) is 0 Å². The van der Waals surface area contributed by atoms with Gasteiger partial charge in [0.05, 0.1) is 0 Å². The summed E-state index contributed by atoms with van der Waals surface area (Å²) in [6, 6.07) is -0.0320. The third-order valence-electron chi connectivity index (χ3n) is 3.59. The van der Waals surface area contributed by atoms with E-state index in [0.29, 0.717) is 26.1 Å². The Labute approximate surface area is 134 Å². The number of hydrogen-bond acceptors (Lipinski definition) is 7. The van der Waals surface area contributed by atoms with Crippen LogP contribution in [-0.2, 0) is 4.74 Å². The van der Waals surface area contributed by atoms with Crippen molar-refractivity contribution in [3.8, 4) is 0 Å². The lowest BCUT2D eigenvalue weighted by Gasteiger charge is -2.30. The minimum Gasteiger partial charge on any atom is -0.444 e. The van der Waals surface area contributed by atoms with Gasteiger partial charge in [0.25, 0.3) is 5.91 Å². The van der Waals surface area contributed by atoms with Gasteiger partial charge in [-0.1, -0.05) is 0 Å². The number of nitrogen functional groups attached to an aromatic ring is 1. The molecule has 9 heteroatoms. The molecule has 2 rings (SSSR count). The molecule has 1 atom stereocenters. The van der Waals surface area contributed by atoms with Crippen LogP contribution in [-0.4, -0.2) is 63.4 Å². The molecule has 9 nitrogen and oxygen atoms in total. The van der Waals surface area contributed by atoms with Gasteiger partial charge in [-0.2, -0.15) is 0 Å². The van der Waals surface area contributed by atoms with Crippen LogP contribution in [0.15, 0.2) is 4.63 Å². The molecule has 1 aliphatic rings. The summed E-state index contributed by atoms with van der Waals surface area (Å²) in [5.74, 6) is -0.377. The largest absolute Gasteiger partial charge is 0.444 e. The van der Waals surface area contributed by atoms with E-state index in [2.05, 4.69) is 14.9 Å². The molecule has 2 amide bonds. The molecule has 1 saturated heterocycles. The summed E-state index contributed by atoms with van der Waals surface area (Å²) >= 11 is 0. The van der Waals surface area contributed by atoms with Gasteiger partial charge in [0, 0.05) is 25.7 Å². The molecular formula is C14H23N5O4. The van der Waals surface area contributed by atoms with Gasteiger partial charge in [-0.3, -0.25) is 4.79 Å². The Hall–Kier alpha value is -2.32. The second kappa shape index (κ2) is 6.43. The van der Waals surface area contributed by atoms with E-state index in [1.54, 1.807) is 9.80 Å². The number of aromatic nitrogens is 2. The fraction of sp³-hybridized carbons (Fsp3) is 0.714. The number of hydrogen-bond donors (Lipinski definition) is 1. The zero-order valence-corrected chi connectivity index (χ0v) is 13.9. The number of amides is 2. The number of nitrogens with two attached hydrogens (primary N) is 1. The third-order valence-corrected chi connectivity index (χ3v) is 3.59. The Morgan fingerprint density at radius 1 is 1.26 bits per heavy atom. The minimum atomic E-state index is -0.556. The summed E-state index contributed by atoms with van der Waals surface area (Å²) in [7, 11) is 0. The van der Waals surface area contributed by atoms with Gasteiger partial charge in [-0.25, -0.2) is 9.42 Å². The van der Waals surface area contributed by atoms with Crippen molar-refractivity contribution in [2.75, 3.05) is 25.4 Å². The number of carbonyl (C=O) groups is 2. The quantitative estimate of drug-likeness (QED) is 0.822. The average molecular weight is 325 g/mol. The predicted molar refractivity (Wildman–Crippen MR) is 81.6 cm³/mol. The summed E-state index contributed by atoms with van der Waals surface area (Å²) in [4.78, 5) is 27.9. The van der Waals surface area contributed by atoms with Crippen LogP contribution >= 0.6 is 0 Å². The summed E-state index contributed by atoms with van der Waals surface area (Å²) in [6.07, 6.45) is 0.262. The van der Waals surface area contributed by atoms with E-state index in [0.717, 1.165) is 0 Å². The summed E-state index contributed by atoms with van der Waals surface area (Å²) in [6.45, 7) is 8.65. The molecule has 1 aromatic heterocycles. The fourth-order valence-corrected chi connectivity index (χ4v) is 2.35. The van der Waals surface area contributed by atoms with Crippen molar-refractivity contribution >= 4 is 17.8 Å². The lowest BCUT2D eigenvalue weighted by Crippen LogP contribution is -2.43. The number of anilines is 1. The normalized spacial score (nSPS) is 19.4. The molecule has 1 aliphatic heterocycles. The van der Waals surface area contributed by atoms with Gasteiger partial charge < -0.3 is 20.3 Å². The first-order valence-electron chi connectivity index (χ1n) is 7.56. The SMILES string of the molecule is C[C@@H]1CCN(C(=O)c2nonc2N)CCN1C(=O)OC(C)(C)C. The van der Waals surface area contributed by atoms with Crippen LogP contribution in [0.25, 0.3) is 0 Å². The maximum atomic E-state index is 12.4. The topological polar surface area (TPSA) is 115 Å². The van der Waals surface area contributed by atoms with E-state index < -0.39 is 5.60 Å². The lowest BCUT2D eigenvalue weighted by atomic mass is 10.2. The standard InChI is InChI=1S/C14H23N5O4/c1-9-5-6-18(12(20)10-11(15)17-23-16-10)7-8-19(9)13(21)22-14(2,3)4/h9H,5-8H2,1-4H3,(H2,15,17)/t9-/m1/s1. The van der Waals surface area contributed by atoms with Gasteiger partial charge in [-0.15, -0.1) is 0 Å². The molecular weight excluding hydrogens is 302 g/mol. The Morgan fingerprint density at radius 3 is 2.52 bits per heavy atom. The molecule has 1 aromatic rings. The number of rotatable bonds is 1. The lowest BCUT2D eigenvalue weighted by molar-refractivity contribution is 0.0185. The van der Waals surface area contributed by atoms with Crippen LogP contribution in [0, 0.1) is 0 Å². The molecule has 0 bridgehead atoms. The Kier molecular flexibility index (Phi) is 4.76. The first kappa shape index (κ1) is 17.0. The van der Waals surface area contributed by atoms with E-state index in [1.807, 2.05) is 27.7 Å². The third kappa shape index (κ3) is 4.11. The second-order valence-electron chi connectivity index (χ2n) is 6.60. The zero-order chi connectivity index (χ0) is 17.2. The average Bonchev–Trinajstić information content (AvgIpc) is 2.75. The van der Waals surface area contributed by atoms with Crippen molar-refractivity contribution in [3.05, 3.63) is 5.69 Å². The number of ether oxygens (including phenoxy) is 1. The maximum absolute atomic E-state index is 12.4. The van der Waals surface area contributed by atoms with Crippen molar-refractivity contribution < 1.29 is 19.0 Å². The zero-order valence-electron chi connectivity index (χ0n) is 13.9. The van der Waals surface area contributed by atoms with Gasteiger partial charge in [0.1, 0.15) is 5.60 Å². The summed E-state index contributed by atoms with van der Waals surface area (Å²) in [5, 5.41) is 6.95. The summed E-state index contributed by atoms with van der Waals surface area (Å²) in [5.41, 5.74) is 5.01. The first-order valence-corrected chi connectivity index (χ1v) is 7.56. The molecule has 0 unspecified atom stereocenters. The predicted octanol–water partition coefficient (Wildman–Crippen LogP) is 1.12.